The van der Waals surface area contributed by atoms with Crippen LogP contribution in [0.3, 0.4) is 0 Å². The molecule has 0 spiro atoms. The lowest BCUT2D eigenvalue weighted by molar-refractivity contribution is -0.383. The van der Waals surface area contributed by atoms with Crippen LogP contribution in [0, 0.1) is 10.1 Å². The van der Waals surface area contributed by atoms with Crippen LogP contribution in [0.2, 0.25) is 0 Å². The molecule has 0 atom stereocenters. The minimum Gasteiger partial charge on any atom is -0.330 e. The Kier molecular flexibility index (Phi) is 5.62. The highest BCUT2D eigenvalue weighted by Crippen LogP contribution is 2.23. The molecule has 124 valence electrons. The average molecular weight is 327 g/mol. The highest BCUT2D eigenvalue weighted by atomic mass is 16.6. The summed E-state index contributed by atoms with van der Waals surface area (Å²) in [6.45, 7) is 2.40. The molecule has 1 N–H and O–H groups in total. The number of benzene rings is 2. The van der Waals surface area contributed by atoms with Gasteiger partial charge in [0.1, 0.15) is 5.69 Å². The van der Waals surface area contributed by atoms with E-state index in [2.05, 4.69) is 5.32 Å². The number of amides is 2. The number of anilines is 1. The van der Waals surface area contributed by atoms with Crippen LogP contribution in [-0.4, -0.2) is 28.2 Å². The van der Waals surface area contributed by atoms with Crippen LogP contribution in [0.1, 0.15) is 12.5 Å². The van der Waals surface area contributed by atoms with Crippen LogP contribution in [-0.2, 0) is 16.1 Å². The van der Waals surface area contributed by atoms with E-state index in [9.17, 15) is 19.7 Å². The van der Waals surface area contributed by atoms with E-state index in [1.165, 1.54) is 23.1 Å². The van der Waals surface area contributed by atoms with Gasteiger partial charge in [0.15, 0.2) is 0 Å². The maximum absolute atomic E-state index is 12.3. The number of hydrogen-bond donors (Lipinski definition) is 1. The Morgan fingerprint density at radius 3 is 2.33 bits per heavy atom. The van der Waals surface area contributed by atoms with Crippen molar-refractivity contribution in [3.63, 3.8) is 0 Å². The highest BCUT2D eigenvalue weighted by Gasteiger charge is 2.23. The molecule has 2 aromatic carbocycles. The summed E-state index contributed by atoms with van der Waals surface area (Å²) in [6.07, 6.45) is 0. The topological polar surface area (TPSA) is 92.6 Å². The maximum atomic E-state index is 12.3. The summed E-state index contributed by atoms with van der Waals surface area (Å²) in [6, 6.07) is 15.0. The van der Waals surface area contributed by atoms with Crippen molar-refractivity contribution in [2.24, 2.45) is 0 Å². The Labute approximate surface area is 139 Å². The first kappa shape index (κ1) is 17.1. The smallest absolute Gasteiger partial charge is 0.314 e. The standard InChI is InChI=1S/C17H17N3O4/c1-2-19(12-13-8-4-3-5-9-13)17(22)16(21)18-14-10-6-7-11-15(14)20(23)24/h3-11H,2,12H2,1H3,(H,18,21). The first-order valence-corrected chi connectivity index (χ1v) is 7.40. The minimum absolute atomic E-state index is 0.00314. The highest BCUT2D eigenvalue weighted by molar-refractivity contribution is 6.39. The van der Waals surface area contributed by atoms with E-state index in [0.717, 1.165) is 5.56 Å². The van der Waals surface area contributed by atoms with Gasteiger partial charge in [0.25, 0.3) is 5.69 Å². The Morgan fingerprint density at radius 1 is 1.08 bits per heavy atom. The third-order valence-electron chi connectivity index (χ3n) is 3.43. The van der Waals surface area contributed by atoms with Gasteiger partial charge in [0.2, 0.25) is 0 Å². The lowest BCUT2D eigenvalue weighted by atomic mass is 10.2. The fraction of sp³-hybridized carbons (Fsp3) is 0.176. The van der Waals surface area contributed by atoms with Gasteiger partial charge in [0.05, 0.1) is 4.92 Å². The molecule has 0 bridgehead atoms. The molecule has 7 nitrogen and oxygen atoms in total. The van der Waals surface area contributed by atoms with Crippen LogP contribution >= 0.6 is 0 Å². The van der Waals surface area contributed by atoms with Gasteiger partial charge in [-0.25, -0.2) is 0 Å². The van der Waals surface area contributed by atoms with Gasteiger partial charge in [-0.15, -0.1) is 0 Å². The molecule has 0 aliphatic rings. The van der Waals surface area contributed by atoms with Crippen molar-refractivity contribution in [1.82, 2.24) is 4.90 Å². The molecule has 24 heavy (non-hydrogen) atoms. The minimum atomic E-state index is -0.901. The normalized spacial score (nSPS) is 10.0. The molecule has 0 aliphatic heterocycles. The van der Waals surface area contributed by atoms with Crippen molar-refractivity contribution < 1.29 is 14.5 Å². The summed E-state index contributed by atoms with van der Waals surface area (Å²) in [5.74, 6) is -1.64. The van der Waals surface area contributed by atoms with E-state index in [0.29, 0.717) is 13.1 Å². The predicted octanol–water partition coefficient (Wildman–Crippen LogP) is 2.58. The summed E-state index contributed by atoms with van der Waals surface area (Å²) in [7, 11) is 0. The number of nitrogens with zero attached hydrogens (tertiary/aromatic N) is 2. The Bertz CT molecular complexity index is 747. The number of para-hydroxylation sites is 2. The Hall–Kier alpha value is -3.22. The number of nitro groups is 1. The third kappa shape index (κ3) is 4.16. The van der Waals surface area contributed by atoms with Crippen molar-refractivity contribution in [3.05, 3.63) is 70.3 Å². The summed E-state index contributed by atoms with van der Waals surface area (Å²) in [5, 5.41) is 13.3. The predicted molar refractivity (Wildman–Crippen MR) is 89.3 cm³/mol. The van der Waals surface area contributed by atoms with E-state index in [1.807, 2.05) is 30.3 Å². The van der Waals surface area contributed by atoms with Crippen LogP contribution in [0.25, 0.3) is 0 Å². The average Bonchev–Trinajstić information content (AvgIpc) is 2.60. The summed E-state index contributed by atoms with van der Waals surface area (Å²) < 4.78 is 0. The van der Waals surface area contributed by atoms with Crippen molar-refractivity contribution in [2.45, 2.75) is 13.5 Å². The van der Waals surface area contributed by atoms with Gasteiger partial charge in [-0.3, -0.25) is 19.7 Å². The molecule has 2 aromatic rings. The van der Waals surface area contributed by atoms with Crippen molar-refractivity contribution in [1.29, 1.82) is 0 Å². The number of rotatable bonds is 5. The van der Waals surface area contributed by atoms with Crippen LogP contribution in [0.4, 0.5) is 11.4 Å². The summed E-state index contributed by atoms with van der Waals surface area (Å²) >= 11 is 0. The number of nitro benzene ring substituents is 1. The molecule has 0 saturated carbocycles. The zero-order valence-electron chi connectivity index (χ0n) is 13.1. The zero-order chi connectivity index (χ0) is 17.5. The lowest BCUT2D eigenvalue weighted by Crippen LogP contribution is -2.39. The first-order valence-electron chi connectivity index (χ1n) is 7.40. The van der Waals surface area contributed by atoms with Gasteiger partial charge in [0, 0.05) is 19.2 Å². The number of nitrogens with one attached hydrogen (secondary N) is 1. The fourth-order valence-corrected chi connectivity index (χ4v) is 2.19. The summed E-state index contributed by atoms with van der Waals surface area (Å²) in [5.41, 5.74) is 0.632. The van der Waals surface area contributed by atoms with Crippen LogP contribution in [0.5, 0.6) is 0 Å². The maximum Gasteiger partial charge on any atom is 0.314 e. The molecule has 0 fully saturated rings. The van der Waals surface area contributed by atoms with Gasteiger partial charge < -0.3 is 10.2 Å². The second-order valence-electron chi connectivity index (χ2n) is 5.03. The van der Waals surface area contributed by atoms with E-state index in [4.69, 9.17) is 0 Å². The van der Waals surface area contributed by atoms with Crippen molar-refractivity contribution in [3.8, 4) is 0 Å². The SMILES string of the molecule is CCN(Cc1ccccc1)C(=O)C(=O)Nc1ccccc1[N+](=O)[O-]. The number of likely N-dealkylation sites (N-methyl/N-ethyl adjacent to an activating group) is 1. The quantitative estimate of drug-likeness (QED) is 0.519. The molecular formula is C17H17N3O4. The van der Waals surface area contributed by atoms with E-state index < -0.39 is 16.7 Å². The molecule has 0 heterocycles. The van der Waals surface area contributed by atoms with Gasteiger partial charge in [-0.05, 0) is 18.6 Å². The molecule has 0 unspecified atom stereocenters. The fourth-order valence-electron chi connectivity index (χ4n) is 2.19. The molecule has 0 radical (unpaired) electrons. The third-order valence-corrected chi connectivity index (χ3v) is 3.43. The molecule has 0 aliphatic carbocycles. The van der Waals surface area contributed by atoms with Gasteiger partial charge in [-0.1, -0.05) is 42.5 Å². The number of carbonyl (C=O) groups is 2. The van der Waals surface area contributed by atoms with Crippen molar-refractivity contribution in [2.75, 3.05) is 11.9 Å². The first-order chi connectivity index (χ1) is 11.5. The van der Waals surface area contributed by atoms with E-state index in [-0.39, 0.29) is 11.4 Å². The van der Waals surface area contributed by atoms with Crippen molar-refractivity contribution >= 4 is 23.2 Å². The van der Waals surface area contributed by atoms with Crippen LogP contribution < -0.4 is 5.32 Å². The molecule has 2 rings (SSSR count). The molecule has 0 saturated heterocycles. The second-order valence-corrected chi connectivity index (χ2v) is 5.03. The lowest BCUT2D eigenvalue weighted by Gasteiger charge is -2.20. The molecule has 0 aromatic heterocycles. The Balaban J connectivity index is 2.11. The van der Waals surface area contributed by atoms with E-state index in [1.54, 1.807) is 13.0 Å². The second kappa shape index (κ2) is 7.87. The number of hydrogen-bond acceptors (Lipinski definition) is 4. The summed E-state index contributed by atoms with van der Waals surface area (Å²) in [4.78, 5) is 36.2. The molecule has 2 amide bonds. The van der Waals surface area contributed by atoms with Gasteiger partial charge >= 0.3 is 11.8 Å². The van der Waals surface area contributed by atoms with E-state index >= 15 is 0 Å². The van der Waals surface area contributed by atoms with Gasteiger partial charge in [-0.2, -0.15) is 0 Å². The van der Waals surface area contributed by atoms with Crippen LogP contribution in [0.15, 0.2) is 54.6 Å². The molecule has 7 heteroatoms. The molecular weight excluding hydrogens is 310 g/mol. The Morgan fingerprint density at radius 2 is 1.71 bits per heavy atom. The monoisotopic (exact) mass is 327 g/mol. The zero-order valence-corrected chi connectivity index (χ0v) is 13.1. The number of carbonyl (C=O) groups excluding carboxylic acids is 2. The largest absolute Gasteiger partial charge is 0.330 e.